The van der Waals surface area contributed by atoms with Gasteiger partial charge in [0.15, 0.2) is 4.60 Å². The number of hydrogen-bond acceptors (Lipinski definition) is 4. The maximum Gasteiger partial charge on any atom is 0.153 e. The number of nitrogens with one attached hydrogen (secondary N) is 1. The van der Waals surface area contributed by atoms with E-state index in [4.69, 9.17) is 0 Å². The third kappa shape index (κ3) is 2.37. The Hall–Kier alpha value is -1.27. The first-order chi connectivity index (χ1) is 8.13. The summed E-state index contributed by atoms with van der Waals surface area (Å²) in [5.41, 5.74) is 3.08. The first-order valence-corrected chi connectivity index (χ1v) is 6.07. The minimum absolute atomic E-state index is 0.0254. The molecule has 0 saturated heterocycles. The molecule has 2 aromatic rings. The molecule has 90 valence electrons. The molecule has 0 aliphatic rings. The van der Waals surface area contributed by atoms with E-state index in [9.17, 15) is 0 Å². The average molecular weight is 296 g/mol. The largest absolute Gasteiger partial charge is 0.308 e. The van der Waals surface area contributed by atoms with Gasteiger partial charge in [-0.15, -0.1) is 5.10 Å². The van der Waals surface area contributed by atoms with E-state index in [1.54, 1.807) is 4.68 Å². The van der Waals surface area contributed by atoms with Crippen molar-refractivity contribution in [1.29, 1.82) is 0 Å². The van der Waals surface area contributed by atoms with Gasteiger partial charge >= 0.3 is 0 Å². The summed E-state index contributed by atoms with van der Waals surface area (Å²) < 4.78 is 2.50. The number of nitrogens with zero attached hydrogens (tertiary/aromatic N) is 4. The monoisotopic (exact) mass is 295 g/mol. The molecule has 0 amide bonds. The minimum atomic E-state index is 0.0254. The first-order valence-electron chi connectivity index (χ1n) is 5.28. The Morgan fingerprint density at radius 2 is 2.18 bits per heavy atom. The fourth-order valence-corrected chi connectivity index (χ4v) is 2.31. The molecule has 2 aromatic heterocycles. The van der Waals surface area contributed by atoms with Gasteiger partial charge in [-0.25, -0.2) is 4.68 Å². The Labute approximate surface area is 108 Å². The van der Waals surface area contributed by atoms with Gasteiger partial charge in [-0.2, -0.15) is 0 Å². The van der Waals surface area contributed by atoms with Crippen molar-refractivity contribution in [2.75, 3.05) is 7.05 Å². The topological polar surface area (TPSA) is 55.6 Å². The van der Waals surface area contributed by atoms with Gasteiger partial charge in [-0.3, -0.25) is 4.98 Å². The summed E-state index contributed by atoms with van der Waals surface area (Å²) in [6.07, 6.45) is 1.87. The van der Waals surface area contributed by atoms with Gasteiger partial charge in [-0.05, 0) is 41.5 Å². The van der Waals surface area contributed by atoms with E-state index in [1.807, 2.05) is 33.3 Å². The lowest BCUT2D eigenvalue weighted by atomic mass is 10.1. The first kappa shape index (κ1) is 12.2. The van der Waals surface area contributed by atoms with Gasteiger partial charge in [-0.1, -0.05) is 11.3 Å². The molecule has 0 radical (unpaired) electrons. The van der Waals surface area contributed by atoms with E-state index in [-0.39, 0.29) is 6.04 Å². The lowest BCUT2D eigenvalue weighted by Gasteiger charge is -2.16. The molecule has 0 aromatic carbocycles. The van der Waals surface area contributed by atoms with Crippen molar-refractivity contribution in [3.05, 3.63) is 39.9 Å². The zero-order valence-electron chi connectivity index (χ0n) is 9.98. The SMILES string of the molecule is CNC(c1ccc(C)nc1)c1c(Br)nnn1C. The summed E-state index contributed by atoms with van der Waals surface area (Å²) in [5, 5.41) is 11.2. The van der Waals surface area contributed by atoms with Crippen molar-refractivity contribution in [2.45, 2.75) is 13.0 Å². The smallest absolute Gasteiger partial charge is 0.153 e. The maximum absolute atomic E-state index is 4.31. The summed E-state index contributed by atoms with van der Waals surface area (Å²) in [6.45, 7) is 1.97. The van der Waals surface area contributed by atoms with Crippen molar-refractivity contribution in [2.24, 2.45) is 7.05 Å². The van der Waals surface area contributed by atoms with Crippen molar-refractivity contribution in [1.82, 2.24) is 25.3 Å². The maximum atomic E-state index is 4.31. The Bertz CT molecular complexity index is 486. The molecule has 6 heteroatoms. The van der Waals surface area contributed by atoms with Crippen LogP contribution in [0.2, 0.25) is 0 Å². The Balaban J connectivity index is 2.43. The van der Waals surface area contributed by atoms with Crippen LogP contribution in [0.5, 0.6) is 0 Å². The molecule has 0 aliphatic heterocycles. The Kier molecular flexibility index (Phi) is 3.54. The normalized spacial score (nSPS) is 12.7. The fourth-order valence-electron chi connectivity index (χ4n) is 1.76. The number of pyridine rings is 1. The van der Waals surface area contributed by atoms with Crippen LogP contribution in [-0.4, -0.2) is 27.0 Å². The highest BCUT2D eigenvalue weighted by Crippen LogP contribution is 2.25. The van der Waals surface area contributed by atoms with Crippen LogP contribution in [-0.2, 0) is 7.05 Å². The standard InChI is InChI=1S/C11H14BrN5/c1-7-4-5-8(6-14-7)9(13-2)10-11(12)15-16-17(10)3/h4-6,9,13H,1-3H3. The summed E-state index contributed by atoms with van der Waals surface area (Å²) >= 11 is 3.42. The average Bonchev–Trinajstić information content (AvgIpc) is 2.64. The third-order valence-electron chi connectivity index (χ3n) is 2.66. The van der Waals surface area contributed by atoms with Crippen LogP contribution >= 0.6 is 15.9 Å². The van der Waals surface area contributed by atoms with Gasteiger partial charge < -0.3 is 5.32 Å². The molecule has 0 fully saturated rings. The number of rotatable bonds is 3. The third-order valence-corrected chi connectivity index (χ3v) is 3.22. The minimum Gasteiger partial charge on any atom is -0.308 e. The number of halogens is 1. The zero-order valence-corrected chi connectivity index (χ0v) is 11.6. The molecule has 0 saturated carbocycles. The van der Waals surface area contributed by atoms with Crippen LogP contribution in [0.4, 0.5) is 0 Å². The molecule has 0 spiro atoms. The fraction of sp³-hybridized carbons (Fsp3) is 0.364. The van der Waals surface area contributed by atoms with Gasteiger partial charge in [0.1, 0.15) is 0 Å². The van der Waals surface area contributed by atoms with Crippen LogP contribution < -0.4 is 5.32 Å². The van der Waals surface area contributed by atoms with Crippen LogP contribution in [0.1, 0.15) is 23.0 Å². The van der Waals surface area contributed by atoms with E-state index in [1.165, 1.54) is 0 Å². The number of hydrogen-bond donors (Lipinski definition) is 1. The zero-order chi connectivity index (χ0) is 12.4. The van der Waals surface area contributed by atoms with E-state index < -0.39 is 0 Å². The Morgan fingerprint density at radius 3 is 2.65 bits per heavy atom. The predicted octanol–water partition coefficient (Wildman–Crippen LogP) is 1.59. The number of aryl methyl sites for hydroxylation is 2. The molecule has 1 N–H and O–H groups in total. The van der Waals surface area contributed by atoms with Crippen molar-refractivity contribution in [3.8, 4) is 0 Å². The van der Waals surface area contributed by atoms with Crippen LogP contribution in [0.3, 0.4) is 0 Å². The highest BCUT2D eigenvalue weighted by atomic mass is 79.9. The molecule has 1 unspecified atom stereocenters. The predicted molar refractivity (Wildman–Crippen MR) is 68.6 cm³/mol. The van der Waals surface area contributed by atoms with Gasteiger partial charge in [0.2, 0.25) is 0 Å². The highest BCUT2D eigenvalue weighted by molar-refractivity contribution is 9.10. The molecule has 1 atom stereocenters. The molecular formula is C11H14BrN5. The molecule has 5 nitrogen and oxygen atoms in total. The molecule has 2 rings (SSSR count). The van der Waals surface area contributed by atoms with Crippen LogP contribution in [0.25, 0.3) is 0 Å². The second kappa shape index (κ2) is 4.93. The van der Waals surface area contributed by atoms with Crippen molar-refractivity contribution < 1.29 is 0 Å². The quantitative estimate of drug-likeness (QED) is 0.934. The molecule has 17 heavy (non-hydrogen) atoms. The van der Waals surface area contributed by atoms with E-state index >= 15 is 0 Å². The summed E-state index contributed by atoms with van der Waals surface area (Å²) in [4.78, 5) is 4.31. The molecular weight excluding hydrogens is 282 g/mol. The summed E-state index contributed by atoms with van der Waals surface area (Å²) in [6, 6.07) is 4.08. The highest BCUT2D eigenvalue weighted by Gasteiger charge is 2.20. The van der Waals surface area contributed by atoms with Gasteiger partial charge in [0.25, 0.3) is 0 Å². The molecule has 0 bridgehead atoms. The summed E-state index contributed by atoms with van der Waals surface area (Å²) in [5.74, 6) is 0. The molecule has 2 heterocycles. The van der Waals surface area contributed by atoms with Crippen LogP contribution in [0, 0.1) is 6.92 Å². The Morgan fingerprint density at radius 1 is 1.41 bits per heavy atom. The number of aromatic nitrogens is 4. The van der Waals surface area contributed by atoms with E-state index in [2.05, 4.69) is 42.6 Å². The lowest BCUT2D eigenvalue weighted by molar-refractivity contribution is 0.595. The second-order valence-electron chi connectivity index (χ2n) is 3.84. The van der Waals surface area contributed by atoms with Crippen molar-refractivity contribution >= 4 is 15.9 Å². The van der Waals surface area contributed by atoms with Gasteiger partial charge in [0.05, 0.1) is 11.7 Å². The van der Waals surface area contributed by atoms with Gasteiger partial charge in [0, 0.05) is 18.9 Å². The lowest BCUT2D eigenvalue weighted by Crippen LogP contribution is -2.21. The van der Waals surface area contributed by atoms with E-state index in [0.717, 1.165) is 21.6 Å². The second-order valence-corrected chi connectivity index (χ2v) is 4.59. The van der Waals surface area contributed by atoms with Crippen LogP contribution in [0.15, 0.2) is 22.9 Å². The summed E-state index contributed by atoms with van der Waals surface area (Å²) in [7, 11) is 3.78. The van der Waals surface area contributed by atoms with Crippen molar-refractivity contribution in [3.63, 3.8) is 0 Å². The van der Waals surface area contributed by atoms with E-state index in [0.29, 0.717) is 0 Å². The molecule has 0 aliphatic carbocycles.